The Morgan fingerprint density at radius 1 is 1.21 bits per heavy atom. The summed E-state index contributed by atoms with van der Waals surface area (Å²) in [6, 6.07) is 8.01. The maximum absolute atomic E-state index is 12.1. The first kappa shape index (κ1) is 16.5. The summed E-state index contributed by atoms with van der Waals surface area (Å²) in [6.45, 7) is 2.74. The van der Waals surface area contributed by atoms with Crippen LogP contribution in [-0.2, 0) is 6.42 Å². The lowest BCUT2D eigenvalue weighted by Crippen LogP contribution is -2.31. The van der Waals surface area contributed by atoms with E-state index in [4.69, 9.17) is 0 Å². The molecule has 1 aromatic rings. The second-order valence-electron chi connectivity index (χ2n) is 4.59. The van der Waals surface area contributed by atoms with Crippen molar-refractivity contribution in [3.8, 4) is 0 Å². The van der Waals surface area contributed by atoms with Gasteiger partial charge in [-0.2, -0.15) is 13.2 Å². The smallest absolute Gasteiger partial charge is 0.314 e. The molecular weight excluding hydrogens is 319 g/mol. The third kappa shape index (κ3) is 7.57. The fourth-order valence-corrected chi connectivity index (χ4v) is 2.28. The normalized spacial score (nSPS) is 13.5. The van der Waals surface area contributed by atoms with E-state index in [1.54, 1.807) is 0 Å². The van der Waals surface area contributed by atoms with Gasteiger partial charge in [-0.05, 0) is 43.5 Å². The molecule has 0 aliphatic heterocycles. The molecule has 1 rings (SSSR count). The van der Waals surface area contributed by atoms with E-state index in [9.17, 15) is 13.2 Å². The lowest BCUT2D eigenvalue weighted by atomic mass is 10.0. The Hall–Kier alpha value is -0.550. The van der Waals surface area contributed by atoms with Crippen LogP contribution in [0.25, 0.3) is 0 Å². The average Bonchev–Trinajstić information content (AvgIpc) is 2.30. The van der Waals surface area contributed by atoms with Gasteiger partial charge in [0.05, 0.1) is 0 Å². The van der Waals surface area contributed by atoms with E-state index >= 15 is 0 Å². The summed E-state index contributed by atoms with van der Waals surface area (Å²) in [5.74, 6) is 0. The highest BCUT2D eigenvalue weighted by Gasteiger charge is 2.26. The number of hydrogen-bond acceptors (Lipinski definition) is 1. The number of rotatable bonds is 7. The minimum Gasteiger partial charge on any atom is -0.314 e. The number of halogens is 4. The summed E-state index contributed by atoms with van der Waals surface area (Å²) in [5, 5.41) is 3.25. The first-order chi connectivity index (χ1) is 8.90. The minimum atomic E-state index is -4.05. The van der Waals surface area contributed by atoms with Gasteiger partial charge in [-0.1, -0.05) is 35.0 Å². The molecule has 0 fully saturated rings. The number of nitrogens with one attached hydrogen (secondary N) is 1. The molecule has 0 bridgehead atoms. The molecule has 1 aromatic carbocycles. The highest BCUT2D eigenvalue weighted by molar-refractivity contribution is 9.10. The molecule has 0 heterocycles. The van der Waals surface area contributed by atoms with Gasteiger partial charge in [0.1, 0.15) is 0 Å². The van der Waals surface area contributed by atoms with Crippen molar-refractivity contribution in [2.24, 2.45) is 0 Å². The van der Waals surface area contributed by atoms with Crippen LogP contribution in [0.4, 0.5) is 13.2 Å². The van der Waals surface area contributed by atoms with E-state index < -0.39 is 12.6 Å². The zero-order valence-electron chi connectivity index (χ0n) is 10.9. The fourth-order valence-electron chi connectivity index (χ4n) is 2.02. The molecular formula is C14H19BrF3N. The van der Waals surface area contributed by atoms with Gasteiger partial charge in [0.25, 0.3) is 0 Å². The molecule has 1 unspecified atom stereocenters. The quantitative estimate of drug-likeness (QED) is 0.760. The molecule has 0 amide bonds. The van der Waals surface area contributed by atoms with Gasteiger partial charge in [-0.15, -0.1) is 0 Å². The summed E-state index contributed by atoms with van der Waals surface area (Å²) in [7, 11) is 0. The molecule has 19 heavy (non-hydrogen) atoms. The summed E-state index contributed by atoms with van der Waals surface area (Å²) >= 11 is 3.37. The van der Waals surface area contributed by atoms with Gasteiger partial charge in [0.15, 0.2) is 0 Å². The summed E-state index contributed by atoms with van der Waals surface area (Å²) in [4.78, 5) is 0. The maximum Gasteiger partial charge on any atom is 0.389 e. The van der Waals surface area contributed by atoms with Crippen LogP contribution in [-0.4, -0.2) is 18.8 Å². The third-order valence-electron chi connectivity index (χ3n) is 2.90. The first-order valence-corrected chi connectivity index (χ1v) is 7.24. The monoisotopic (exact) mass is 337 g/mol. The Balaban J connectivity index is 2.45. The van der Waals surface area contributed by atoms with Crippen molar-refractivity contribution in [1.82, 2.24) is 5.32 Å². The second kappa shape index (κ2) is 7.90. The van der Waals surface area contributed by atoms with Crippen LogP contribution in [0.5, 0.6) is 0 Å². The van der Waals surface area contributed by atoms with Crippen LogP contribution >= 0.6 is 15.9 Å². The number of hydrogen-bond donors (Lipinski definition) is 1. The molecule has 5 heteroatoms. The predicted molar refractivity (Wildman–Crippen MR) is 75.2 cm³/mol. The van der Waals surface area contributed by atoms with E-state index in [-0.39, 0.29) is 12.5 Å². The van der Waals surface area contributed by atoms with Crippen molar-refractivity contribution in [2.75, 3.05) is 6.54 Å². The van der Waals surface area contributed by atoms with Crippen molar-refractivity contribution in [3.05, 3.63) is 34.3 Å². The standard InChI is InChI=1S/C14H19BrF3N/c1-2-19-13(4-3-9-14(16,17)18)10-11-5-7-12(15)8-6-11/h5-8,13,19H,2-4,9-10H2,1H3. The molecule has 0 spiro atoms. The molecule has 108 valence electrons. The summed E-state index contributed by atoms with van der Waals surface area (Å²) in [6.07, 6.45) is -3.26. The van der Waals surface area contributed by atoms with E-state index in [1.165, 1.54) is 0 Å². The predicted octanol–water partition coefficient (Wildman–Crippen LogP) is 4.70. The SMILES string of the molecule is CCNC(CCCC(F)(F)F)Cc1ccc(Br)cc1. The fraction of sp³-hybridized carbons (Fsp3) is 0.571. The van der Waals surface area contributed by atoms with Gasteiger partial charge >= 0.3 is 6.18 Å². The van der Waals surface area contributed by atoms with Crippen LogP contribution in [0.1, 0.15) is 31.7 Å². The van der Waals surface area contributed by atoms with Gasteiger partial charge in [0, 0.05) is 16.9 Å². The molecule has 1 N–H and O–H groups in total. The van der Waals surface area contributed by atoms with Gasteiger partial charge in [-0.3, -0.25) is 0 Å². The molecule has 0 saturated heterocycles. The number of alkyl halides is 3. The maximum atomic E-state index is 12.1. The number of benzene rings is 1. The van der Waals surface area contributed by atoms with Crippen LogP contribution in [0.3, 0.4) is 0 Å². The molecule has 0 aliphatic carbocycles. The van der Waals surface area contributed by atoms with Crippen molar-refractivity contribution in [3.63, 3.8) is 0 Å². The summed E-state index contributed by atoms with van der Waals surface area (Å²) in [5.41, 5.74) is 1.14. The molecule has 1 atom stereocenters. The van der Waals surface area contributed by atoms with Crippen molar-refractivity contribution < 1.29 is 13.2 Å². The Bertz CT molecular complexity index is 362. The Morgan fingerprint density at radius 3 is 2.37 bits per heavy atom. The Morgan fingerprint density at radius 2 is 1.84 bits per heavy atom. The molecule has 1 nitrogen and oxygen atoms in total. The van der Waals surface area contributed by atoms with E-state index in [0.29, 0.717) is 6.42 Å². The van der Waals surface area contributed by atoms with Crippen LogP contribution in [0.15, 0.2) is 28.7 Å². The highest BCUT2D eigenvalue weighted by atomic mass is 79.9. The Labute approximate surface area is 120 Å². The zero-order valence-corrected chi connectivity index (χ0v) is 12.5. The van der Waals surface area contributed by atoms with Crippen LogP contribution in [0.2, 0.25) is 0 Å². The van der Waals surface area contributed by atoms with E-state index in [1.807, 2.05) is 31.2 Å². The molecule has 0 aliphatic rings. The van der Waals surface area contributed by atoms with Crippen molar-refractivity contribution >= 4 is 15.9 Å². The average molecular weight is 338 g/mol. The summed E-state index contributed by atoms with van der Waals surface area (Å²) < 4.78 is 37.4. The lowest BCUT2D eigenvalue weighted by Gasteiger charge is -2.18. The van der Waals surface area contributed by atoms with Crippen molar-refractivity contribution in [2.45, 2.75) is 44.8 Å². The second-order valence-corrected chi connectivity index (χ2v) is 5.51. The molecule has 0 radical (unpaired) electrons. The minimum absolute atomic E-state index is 0.105. The highest BCUT2D eigenvalue weighted by Crippen LogP contribution is 2.23. The van der Waals surface area contributed by atoms with Gasteiger partial charge < -0.3 is 5.32 Å². The van der Waals surface area contributed by atoms with Crippen LogP contribution < -0.4 is 5.32 Å². The van der Waals surface area contributed by atoms with Crippen LogP contribution in [0, 0.1) is 0 Å². The van der Waals surface area contributed by atoms with E-state index in [2.05, 4.69) is 21.2 Å². The van der Waals surface area contributed by atoms with Gasteiger partial charge in [-0.25, -0.2) is 0 Å². The molecule has 0 saturated carbocycles. The number of likely N-dealkylation sites (N-methyl/N-ethyl adjacent to an activating group) is 1. The van der Waals surface area contributed by atoms with Gasteiger partial charge in [0.2, 0.25) is 0 Å². The van der Waals surface area contributed by atoms with E-state index in [0.717, 1.165) is 23.0 Å². The largest absolute Gasteiger partial charge is 0.389 e. The zero-order chi connectivity index (χ0) is 14.3. The third-order valence-corrected chi connectivity index (χ3v) is 3.43. The Kier molecular flexibility index (Phi) is 6.86. The lowest BCUT2D eigenvalue weighted by molar-refractivity contribution is -0.135. The topological polar surface area (TPSA) is 12.0 Å². The van der Waals surface area contributed by atoms with Crippen molar-refractivity contribution in [1.29, 1.82) is 0 Å². The first-order valence-electron chi connectivity index (χ1n) is 6.45. The molecule has 0 aromatic heterocycles.